The van der Waals surface area contributed by atoms with Crippen LogP contribution < -0.4 is 0 Å². The van der Waals surface area contributed by atoms with Crippen LogP contribution in [0, 0.1) is 12.3 Å². The van der Waals surface area contributed by atoms with Gasteiger partial charge < -0.3 is 9.84 Å². The number of carbonyl (C=O) groups is 1. The fourth-order valence-corrected chi connectivity index (χ4v) is 1.78. The SMILES string of the molecule is C#CC(OC(C)CC(=O)O)C(C)c1ccccc1. The van der Waals surface area contributed by atoms with Crippen LogP contribution in [0.15, 0.2) is 30.3 Å². The van der Waals surface area contributed by atoms with Crippen LogP contribution in [-0.4, -0.2) is 23.3 Å². The van der Waals surface area contributed by atoms with Crippen molar-refractivity contribution in [2.75, 3.05) is 0 Å². The Kier molecular flexibility index (Phi) is 5.41. The molecule has 18 heavy (non-hydrogen) atoms. The van der Waals surface area contributed by atoms with Crippen molar-refractivity contribution in [1.82, 2.24) is 0 Å². The fraction of sp³-hybridized carbons (Fsp3) is 0.400. The monoisotopic (exact) mass is 246 g/mol. The van der Waals surface area contributed by atoms with Gasteiger partial charge in [0.15, 0.2) is 0 Å². The topological polar surface area (TPSA) is 46.5 Å². The van der Waals surface area contributed by atoms with Crippen molar-refractivity contribution >= 4 is 5.97 Å². The molecule has 3 heteroatoms. The maximum absolute atomic E-state index is 10.6. The third-order valence-electron chi connectivity index (χ3n) is 2.78. The molecule has 0 aromatic heterocycles. The van der Waals surface area contributed by atoms with Gasteiger partial charge in [-0.2, -0.15) is 0 Å². The number of hydrogen-bond acceptors (Lipinski definition) is 2. The van der Waals surface area contributed by atoms with Crippen LogP contribution in [0.5, 0.6) is 0 Å². The summed E-state index contributed by atoms with van der Waals surface area (Å²) in [5.41, 5.74) is 1.09. The van der Waals surface area contributed by atoms with Gasteiger partial charge >= 0.3 is 5.97 Å². The number of carboxylic acid groups (broad SMARTS) is 1. The maximum Gasteiger partial charge on any atom is 0.305 e. The lowest BCUT2D eigenvalue weighted by Crippen LogP contribution is -2.25. The van der Waals surface area contributed by atoms with Crippen molar-refractivity contribution in [2.45, 2.75) is 38.4 Å². The lowest BCUT2D eigenvalue weighted by molar-refractivity contribution is -0.140. The average molecular weight is 246 g/mol. The summed E-state index contributed by atoms with van der Waals surface area (Å²) < 4.78 is 5.61. The van der Waals surface area contributed by atoms with Gasteiger partial charge in [-0.05, 0) is 12.5 Å². The maximum atomic E-state index is 10.6. The van der Waals surface area contributed by atoms with E-state index < -0.39 is 18.2 Å². The normalized spacial score (nSPS) is 15.4. The predicted molar refractivity (Wildman–Crippen MR) is 70.3 cm³/mol. The van der Waals surface area contributed by atoms with E-state index in [1.807, 2.05) is 37.3 Å². The molecular weight excluding hydrogens is 228 g/mol. The van der Waals surface area contributed by atoms with Gasteiger partial charge in [0.2, 0.25) is 0 Å². The summed E-state index contributed by atoms with van der Waals surface area (Å²) in [6.45, 7) is 3.70. The molecule has 0 amide bonds. The van der Waals surface area contributed by atoms with Gasteiger partial charge in [-0.25, -0.2) is 0 Å². The van der Waals surface area contributed by atoms with Crippen molar-refractivity contribution in [3.63, 3.8) is 0 Å². The van der Waals surface area contributed by atoms with Gasteiger partial charge in [0.1, 0.15) is 6.10 Å². The molecule has 0 spiro atoms. The van der Waals surface area contributed by atoms with E-state index in [0.717, 1.165) is 5.56 Å². The van der Waals surface area contributed by atoms with Gasteiger partial charge in [-0.1, -0.05) is 43.2 Å². The van der Waals surface area contributed by atoms with Gasteiger partial charge in [0, 0.05) is 5.92 Å². The summed E-state index contributed by atoms with van der Waals surface area (Å²) in [5, 5.41) is 8.69. The third kappa shape index (κ3) is 4.23. The molecule has 0 heterocycles. The van der Waals surface area contributed by atoms with Gasteiger partial charge in [-0.15, -0.1) is 6.42 Å². The molecular formula is C15H18O3. The highest BCUT2D eigenvalue weighted by Crippen LogP contribution is 2.22. The molecule has 0 saturated heterocycles. The van der Waals surface area contributed by atoms with Crippen LogP contribution in [0.4, 0.5) is 0 Å². The molecule has 3 atom stereocenters. The van der Waals surface area contributed by atoms with Crippen molar-refractivity contribution < 1.29 is 14.6 Å². The molecule has 1 rings (SSSR count). The predicted octanol–water partition coefficient (Wildman–Crippen LogP) is 2.67. The molecule has 0 radical (unpaired) electrons. The highest BCUT2D eigenvalue weighted by molar-refractivity contribution is 5.67. The molecule has 1 aromatic rings. The summed E-state index contributed by atoms with van der Waals surface area (Å²) >= 11 is 0. The standard InChI is InChI=1S/C15H18O3/c1-4-14(18-11(2)10-15(16)17)12(3)13-8-6-5-7-9-13/h1,5-9,11-12,14H,10H2,2-3H3,(H,16,17). The minimum atomic E-state index is -0.884. The molecule has 1 N–H and O–H groups in total. The molecule has 3 nitrogen and oxygen atoms in total. The van der Waals surface area contributed by atoms with E-state index >= 15 is 0 Å². The van der Waals surface area contributed by atoms with E-state index in [4.69, 9.17) is 16.3 Å². The lowest BCUT2D eigenvalue weighted by Gasteiger charge is -2.23. The second-order valence-corrected chi connectivity index (χ2v) is 4.33. The zero-order valence-electron chi connectivity index (χ0n) is 10.7. The van der Waals surface area contributed by atoms with Crippen LogP contribution in [0.2, 0.25) is 0 Å². The fourth-order valence-electron chi connectivity index (χ4n) is 1.78. The van der Waals surface area contributed by atoms with E-state index in [1.165, 1.54) is 0 Å². The van der Waals surface area contributed by atoms with E-state index in [2.05, 4.69) is 5.92 Å². The summed E-state index contributed by atoms with van der Waals surface area (Å²) in [5.74, 6) is 1.74. The number of aliphatic carboxylic acids is 1. The molecule has 0 aliphatic carbocycles. The highest BCUT2D eigenvalue weighted by atomic mass is 16.5. The number of carboxylic acids is 1. The first-order chi connectivity index (χ1) is 8.54. The number of ether oxygens (including phenoxy) is 1. The first kappa shape index (κ1) is 14.3. The van der Waals surface area contributed by atoms with Crippen molar-refractivity contribution in [3.05, 3.63) is 35.9 Å². The largest absolute Gasteiger partial charge is 0.481 e. The third-order valence-corrected chi connectivity index (χ3v) is 2.78. The Balaban J connectivity index is 2.67. The Hall–Kier alpha value is -1.79. The first-order valence-electron chi connectivity index (χ1n) is 5.93. The van der Waals surface area contributed by atoms with Gasteiger partial charge in [0.25, 0.3) is 0 Å². The second-order valence-electron chi connectivity index (χ2n) is 4.33. The van der Waals surface area contributed by atoms with E-state index in [1.54, 1.807) is 6.92 Å². The number of terminal acetylenes is 1. The molecule has 3 unspecified atom stereocenters. The molecule has 0 aliphatic heterocycles. The average Bonchev–Trinajstić information content (AvgIpc) is 2.35. The minimum Gasteiger partial charge on any atom is -0.481 e. The van der Waals surface area contributed by atoms with Gasteiger partial charge in [-0.3, -0.25) is 4.79 Å². The zero-order valence-corrected chi connectivity index (χ0v) is 10.7. The smallest absolute Gasteiger partial charge is 0.305 e. The van der Waals surface area contributed by atoms with Crippen LogP contribution >= 0.6 is 0 Å². The molecule has 0 fully saturated rings. The Morgan fingerprint density at radius 3 is 2.50 bits per heavy atom. The Bertz CT molecular complexity index is 419. The number of rotatable bonds is 6. The first-order valence-corrected chi connectivity index (χ1v) is 5.93. The molecule has 1 aromatic carbocycles. The summed E-state index contributed by atoms with van der Waals surface area (Å²) in [4.78, 5) is 10.6. The molecule has 0 saturated carbocycles. The van der Waals surface area contributed by atoms with Crippen LogP contribution in [0.25, 0.3) is 0 Å². The van der Waals surface area contributed by atoms with E-state index in [0.29, 0.717) is 0 Å². The van der Waals surface area contributed by atoms with E-state index in [-0.39, 0.29) is 12.3 Å². The molecule has 0 bridgehead atoms. The Morgan fingerprint density at radius 2 is 2.00 bits per heavy atom. The van der Waals surface area contributed by atoms with Crippen LogP contribution in [-0.2, 0) is 9.53 Å². The summed E-state index contributed by atoms with van der Waals surface area (Å²) in [6, 6.07) is 9.80. The van der Waals surface area contributed by atoms with Crippen molar-refractivity contribution in [3.8, 4) is 12.3 Å². The minimum absolute atomic E-state index is 0.0347. The molecule has 96 valence electrons. The summed E-state index contributed by atoms with van der Waals surface area (Å²) in [6.07, 6.45) is 4.62. The van der Waals surface area contributed by atoms with Crippen molar-refractivity contribution in [1.29, 1.82) is 0 Å². The van der Waals surface area contributed by atoms with Crippen LogP contribution in [0.3, 0.4) is 0 Å². The second kappa shape index (κ2) is 6.83. The van der Waals surface area contributed by atoms with Crippen LogP contribution in [0.1, 0.15) is 31.7 Å². The summed E-state index contributed by atoms with van der Waals surface area (Å²) in [7, 11) is 0. The van der Waals surface area contributed by atoms with Crippen molar-refractivity contribution in [2.24, 2.45) is 0 Å². The van der Waals surface area contributed by atoms with E-state index in [9.17, 15) is 4.79 Å². The number of hydrogen-bond donors (Lipinski definition) is 1. The number of benzene rings is 1. The lowest BCUT2D eigenvalue weighted by atomic mass is 9.95. The highest BCUT2D eigenvalue weighted by Gasteiger charge is 2.20. The quantitative estimate of drug-likeness (QED) is 0.785. The Morgan fingerprint density at radius 1 is 1.39 bits per heavy atom. The van der Waals surface area contributed by atoms with Gasteiger partial charge in [0.05, 0.1) is 12.5 Å². The molecule has 0 aliphatic rings. The zero-order chi connectivity index (χ0) is 13.5. The Labute approximate surface area is 108 Å².